The lowest BCUT2D eigenvalue weighted by atomic mass is 9.99. The van der Waals surface area contributed by atoms with E-state index in [1.807, 2.05) is 0 Å². The summed E-state index contributed by atoms with van der Waals surface area (Å²) < 4.78 is 117. The van der Waals surface area contributed by atoms with Crippen LogP contribution in [-0.4, -0.2) is 0 Å². The van der Waals surface area contributed by atoms with Crippen LogP contribution >= 0.6 is 0 Å². The zero-order chi connectivity index (χ0) is 29.7. The molecule has 0 aliphatic carbocycles. The molecule has 0 aromatic heterocycles. The highest BCUT2D eigenvalue weighted by Crippen LogP contribution is 2.34. The molecule has 0 unspecified atom stereocenters. The lowest BCUT2D eigenvalue weighted by Crippen LogP contribution is -2.23. The van der Waals surface area contributed by atoms with Gasteiger partial charge in [-0.15, -0.1) is 0 Å². The van der Waals surface area contributed by atoms with E-state index in [1.165, 1.54) is 18.2 Å². The first kappa shape index (κ1) is 29.7. The zero-order valence-electron chi connectivity index (χ0n) is 21.6. The summed E-state index contributed by atoms with van der Waals surface area (Å²) in [6, 6.07) is 11.4. The molecule has 0 aliphatic heterocycles. The smallest absolute Gasteiger partial charge is 0.429 e. The molecule has 0 radical (unpaired) electrons. The number of hydrogen-bond acceptors (Lipinski definition) is 1. The third-order valence-corrected chi connectivity index (χ3v) is 6.21. The number of halogens is 8. The fourth-order valence-corrected chi connectivity index (χ4v) is 4.07. The summed E-state index contributed by atoms with van der Waals surface area (Å²) in [6.07, 6.45) is -0.604. The number of hydrogen-bond donors (Lipinski definition) is 0. The monoisotopic (exact) mass is 574 g/mol. The van der Waals surface area contributed by atoms with Crippen LogP contribution in [0.5, 0.6) is 5.75 Å². The minimum absolute atomic E-state index is 0.0888. The number of aryl methyl sites for hydroxylation is 1. The average Bonchev–Trinajstić information content (AvgIpc) is 2.91. The fraction of sp³-hybridized carbons (Fsp3) is 0.188. The van der Waals surface area contributed by atoms with E-state index in [-0.39, 0.29) is 28.8 Å². The van der Waals surface area contributed by atoms with Crippen LogP contribution in [0.4, 0.5) is 35.1 Å². The van der Waals surface area contributed by atoms with Crippen molar-refractivity contribution < 1.29 is 39.9 Å². The molecule has 41 heavy (non-hydrogen) atoms. The molecule has 4 aromatic carbocycles. The van der Waals surface area contributed by atoms with Gasteiger partial charge in [-0.25, -0.2) is 26.3 Å². The van der Waals surface area contributed by atoms with Crippen molar-refractivity contribution in [3.63, 3.8) is 0 Å². The maximum Gasteiger partial charge on any atom is 0.429 e. The van der Waals surface area contributed by atoms with E-state index in [0.29, 0.717) is 17.7 Å². The Balaban J connectivity index is 1.50. The van der Waals surface area contributed by atoms with Crippen LogP contribution in [0.3, 0.4) is 0 Å². The van der Waals surface area contributed by atoms with Crippen molar-refractivity contribution in [2.45, 2.75) is 38.7 Å². The molecule has 0 fully saturated rings. The van der Waals surface area contributed by atoms with E-state index in [9.17, 15) is 35.1 Å². The second-order valence-electron chi connectivity index (χ2n) is 9.23. The predicted octanol–water partition coefficient (Wildman–Crippen LogP) is 9.45. The number of benzene rings is 4. The lowest BCUT2D eigenvalue weighted by molar-refractivity contribution is -0.187. The number of ether oxygens (including phenoxy) is 1. The van der Waals surface area contributed by atoms with Crippen molar-refractivity contribution in [3.8, 4) is 28.7 Å². The number of rotatable bonds is 8. The zero-order valence-corrected chi connectivity index (χ0v) is 21.6. The molecular formula is C32H22F8O. The van der Waals surface area contributed by atoms with E-state index in [4.69, 9.17) is 0 Å². The molecule has 1 nitrogen and oxygen atoms in total. The topological polar surface area (TPSA) is 9.23 Å². The predicted molar refractivity (Wildman–Crippen MR) is 138 cm³/mol. The van der Waals surface area contributed by atoms with Gasteiger partial charge in [-0.2, -0.15) is 8.78 Å². The minimum Gasteiger partial charge on any atom is -0.429 e. The van der Waals surface area contributed by atoms with Gasteiger partial charge >= 0.3 is 6.11 Å². The molecule has 9 heteroatoms. The van der Waals surface area contributed by atoms with E-state index >= 15 is 0 Å². The molecule has 4 aromatic rings. The standard InChI is InChI=1S/C32H22F8O/c1-2-3-4-5-19-7-12-24(27(34)14-19)22-11-10-21(26(33)16-22)9-6-20-8-13-25(28(35)15-20)32(39,40)41-23-17-29(36)31(38)30(37)18-23/h7-8,10-18H,2-5H2,1H3. The third-order valence-electron chi connectivity index (χ3n) is 6.21. The van der Waals surface area contributed by atoms with Gasteiger partial charge in [0.1, 0.15) is 28.8 Å². The number of alkyl halides is 2. The largest absolute Gasteiger partial charge is 0.429 e. The molecule has 0 aliphatic rings. The van der Waals surface area contributed by atoms with Gasteiger partial charge in [0.25, 0.3) is 0 Å². The van der Waals surface area contributed by atoms with Crippen LogP contribution in [0.1, 0.15) is 48.4 Å². The van der Waals surface area contributed by atoms with E-state index in [0.717, 1.165) is 43.4 Å². The van der Waals surface area contributed by atoms with Gasteiger partial charge < -0.3 is 4.74 Å². The highest BCUT2D eigenvalue weighted by molar-refractivity contribution is 5.66. The van der Waals surface area contributed by atoms with Crippen molar-refractivity contribution >= 4 is 0 Å². The Bertz CT molecular complexity index is 1610. The summed E-state index contributed by atoms with van der Waals surface area (Å²) in [4.78, 5) is 0. The van der Waals surface area contributed by atoms with Gasteiger partial charge in [-0.1, -0.05) is 49.8 Å². The lowest BCUT2D eigenvalue weighted by Gasteiger charge is -2.19. The van der Waals surface area contributed by atoms with Gasteiger partial charge in [0, 0.05) is 23.3 Å². The Morgan fingerprint density at radius 3 is 2.05 bits per heavy atom. The van der Waals surface area contributed by atoms with Gasteiger partial charge in [0.15, 0.2) is 17.5 Å². The molecule has 0 heterocycles. The average molecular weight is 575 g/mol. The Morgan fingerprint density at radius 1 is 0.683 bits per heavy atom. The van der Waals surface area contributed by atoms with Gasteiger partial charge in [-0.05, 0) is 60.4 Å². The normalized spacial score (nSPS) is 11.2. The molecule has 0 saturated carbocycles. The Kier molecular flexibility index (Phi) is 9.01. The Morgan fingerprint density at radius 2 is 1.41 bits per heavy atom. The van der Waals surface area contributed by atoms with Crippen LogP contribution in [0.15, 0.2) is 66.7 Å². The van der Waals surface area contributed by atoms with Crippen LogP contribution < -0.4 is 4.74 Å². The van der Waals surface area contributed by atoms with Crippen LogP contribution in [0.25, 0.3) is 11.1 Å². The quantitative estimate of drug-likeness (QED) is 0.0882. The molecule has 0 N–H and O–H groups in total. The molecule has 0 bridgehead atoms. The molecule has 212 valence electrons. The fourth-order valence-electron chi connectivity index (χ4n) is 4.07. The van der Waals surface area contributed by atoms with Crippen molar-refractivity contribution in [1.82, 2.24) is 0 Å². The minimum atomic E-state index is -4.38. The summed E-state index contributed by atoms with van der Waals surface area (Å²) in [6.45, 7) is 2.08. The maximum atomic E-state index is 14.8. The summed E-state index contributed by atoms with van der Waals surface area (Å²) >= 11 is 0. The highest BCUT2D eigenvalue weighted by atomic mass is 19.3. The van der Waals surface area contributed by atoms with Crippen molar-refractivity contribution in [2.75, 3.05) is 0 Å². The first-order valence-corrected chi connectivity index (χ1v) is 12.6. The SMILES string of the molecule is CCCCCc1ccc(-c2ccc(C#Cc3ccc(C(F)(F)Oc4cc(F)c(F)c(F)c4)c(F)c3)c(F)c2)c(F)c1. The summed E-state index contributed by atoms with van der Waals surface area (Å²) in [5.74, 6) is -4.23. The van der Waals surface area contributed by atoms with Crippen LogP contribution in [0.2, 0.25) is 0 Å². The summed E-state index contributed by atoms with van der Waals surface area (Å²) in [7, 11) is 0. The first-order valence-electron chi connectivity index (χ1n) is 12.6. The number of unbranched alkanes of at least 4 members (excludes halogenated alkanes) is 2. The highest BCUT2D eigenvalue weighted by Gasteiger charge is 2.38. The van der Waals surface area contributed by atoms with Crippen molar-refractivity contribution in [2.24, 2.45) is 0 Å². The summed E-state index contributed by atoms with van der Waals surface area (Å²) in [5.41, 5.74) is -0.0950. The molecule has 0 atom stereocenters. The third kappa shape index (κ3) is 7.07. The second kappa shape index (κ2) is 12.5. The van der Waals surface area contributed by atoms with Crippen LogP contribution in [0, 0.1) is 46.7 Å². The molecule has 0 saturated heterocycles. The molecule has 0 spiro atoms. The van der Waals surface area contributed by atoms with Gasteiger partial charge in [0.05, 0.1) is 5.56 Å². The molecular weight excluding hydrogens is 552 g/mol. The molecule has 4 rings (SSSR count). The van der Waals surface area contributed by atoms with E-state index in [2.05, 4.69) is 23.5 Å². The van der Waals surface area contributed by atoms with Gasteiger partial charge in [0.2, 0.25) is 0 Å². The summed E-state index contributed by atoms with van der Waals surface area (Å²) in [5, 5.41) is 0. The van der Waals surface area contributed by atoms with Crippen molar-refractivity contribution in [1.29, 1.82) is 0 Å². The van der Waals surface area contributed by atoms with E-state index < -0.39 is 52.3 Å². The Labute approximate surface area is 231 Å². The van der Waals surface area contributed by atoms with E-state index in [1.54, 1.807) is 12.1 Å². The maximum absolute atomic E-state index is 14.8. The first-order chi connectivity index (χ1) is 19.5. The molecule has 0 amide bonds. The van der Waals surface area contributed by atoms with Crippen molar-refractivity contribution in [3.05, 3.63) is 124 Å². The Hall–Kier alpha value is -4.32. The van der Waals surface area contributed by atoms with Crippen LogP contribution in [-0.2, 0) is 12.5 Å². The second-order valence-corrected chi connectivity index (χ2v) is 9.23. The van der Waals surface area contributed by atoms with Gasteiger partial charge in [-0.3, -0.25) is 0 Å².